The topological polar surface area (TPSA) is 111 Å². The molecule has 0 bridgehead atoms. The van der Waals surface area contributed by atoms with Gasteiger partial charge in [0.25, 0.3) is 11.8 Å². The number of thiophene rings is 1. The third kappa shape index (κ3) is 6.26. The molecule has 2 N–H and O–H groups in total. The van der Waals surface area contributed by atoms with E-state index in [9.17, 15) is 19.2 Å². The van der Waals surface area contributed by atoms with Crippen LogP contribution in [0.5, 0.6) is 0 Å². The maximum Gasteiger partial charge on any atom is 0.341 e. The molecule has 0 aliphatic rings. The molecule has 0 radical (unpaired) electrons. The monoisotopic (exact) mass is 514 g/mol. The van der Waals surface area contributed by atoms with Gasteiger partial charge in [-0.2, -0.15) is 0 Å². The zero-order valence-electron chi connectivity index (χ0n) is 19.3. The van der Waals surface area contributed by atoms with E-state index in [0.29, 0.717) is 27.4 Å². The van der Waals surface area contributed by atoms with E-state index in [0.717, 1.165) is 11.3 Å². The maximum atomic E-state index is 13.0. The Balaban J connectivity index is 1.87. The Labute approximate surface area is 211 Å². The number of carbonyl (C=O) groups is 4. The summed E-state index contributed by atoms with van der Waals surface area (Å²) in [5.74, 6) is -2.08. The van der Waals surface area contributed by atoms with Crippen LogP contribution in [0.3, 0.4) is 0 Å². The van der Waals surface area contributed by atoms with Gasteiger partial charge in [-0.1, -0.05) is 17.7 Å². The molecule has 0 aliphatic carbocycles. The third-order valence-corrected chi connectivity index (χ3v) is 6.24. The lowest BCUT2D eigenvalue weighted by atomic mass is 10.1. The normalized spacial score (nSPS) is 10.4. The maximum absolute atomic E-state index is 13.0. The van der Waals surface area contributed by atoms with Crippen molar-refractivity contribution in [3.8, 4) is 0 Å². The van der Waals surface area contributed by atoms with E-state index in [4.69, 9.17) is 21.1 Å². The molecule has 0 saturated heterocycles. The molecule has 1 heterocycles. The largest absolute Gasteiger partial charge is 0.462 e. The first-order valence-corrected chi connectivity index (χ1v) is 11.9. The second kappa shape index (κ2) is 11.6. The van der Waals surface area contributed by atoms with Crippen molar-refractivity contribution in [2.45, 2.75) is 20.8 Å². The molecule has 0 atom stereocenters. The lowest BCUT2D eigenvalue weighted by Gasteiger charge is -2.07. The highest BCUT2D eigenvalue weighted by atomic mass is 35.5. The quantitative estimate of drug-likeness (QED) is 0.380. The molecule has 0 fully saturated rings. The van der Waals surface area contributed by atoms with Crippen LogP contribution >= 0.6 is 22.9 Å². The first-order valence-electron chi connectivity index (χ1n) is 10.7. The van der Waals surface area contributed by atoms with Crippen molar-refractivity contribution in [2.75, 3.05) is 23.8 Å². The van der Waals surface area contributed by atoms with Crippen LogP contribution in [0.1, 0.15) is 60.2 Å². The van der Waals surface area contributed by atoms with E-state index in [1.807, 2.05) is 0 Å². The van der Waals surface area contributed by atoms with Crippen LogP contribution in [0.15, 0.2) is 48.5 Å². The number of rotatable bonds is 8. The molecule has 0 saturated carbocycles. The van der Waals surface area contributed by atoms with E-state index in [-0.39, 0.29) is 28.7 Å². The Kier molecular flexibility index (Phi) is 8.62. The van der Waals surface area contributed by atoms with Gasteiger partial charge in [-0.15, -0.1) is 11.3 Å². The van der Waals surface area contributed by atoms with E-state index < -0.39 is 23.8 Å². The van der Waals surface area contributed by atoms with E-state index in [2.05, 4.69) is 10.6 Å². The summed E-state index contributed by atoms with van der Waals surface area (Å²) in [5, 5.41) is 6.01. The summed E-state index contributed by atoms with van der Waals surface area (Å²) in [6.45, 7) is 5.37. The molecule has 2 aromatic carbocycles. The molecule has 0 unspecified atom stereocenters. The van der Waals surface area contributed by atoms with Gasteiger partial charge in [-0.05, 0) is 68.8 Å². The minimum absolute atomic E-state index is 0.107. The lowest BCUT2D eigenvalue weighted by Crippen LogP contribution is -2.15. The summed E-state index contributed by atoms with van der Waals surface area (Å²) in [6.07, 6.45) is 0. The van der Waals surface area contributed by atoms with Crippen LogP contribution in [-0.2, 0) is 9.47 Å². The van der Waals surface area contributed by atoms with Crippen molar-refractivity contribution in [3.63, 3.8) is 0 Å². The van der Waals surface area contributed by atoms with E-state index in [1.165, 1.54) is 18.2 Å². The summed E-state index contributed by atoms with van der Waals surface area (Å²) in [7, 11) is 0. The van der Waals surface area contributed by atoms with Gasteiger partial charge in [-0.25, -0.2) is 9.59 Å². The van der Waals surface area contributed by atoms with Gasteiger partial charge in [0.2, 0.25) is 0 Å². The van der Waals surface area contributed by atoms with Gasteiger partial charge < -0.3 is 20.1 Å². The average molecular weight is 515 g/mol. The number of amides is 2. The zero-order chi connectivity index (χ0) is 25.5. The van der Waals surface area contributed by atoms with Gasteiger partial charge >= 0.3 is 11.9 Å². The molecular formula is C25H23ClN2O6S. The van der Waals surface area contributed by atoms with Crippen molar-refractivity contribution >= 4 is 57.4 Å². The van der Waals surface area contributed by atoms with E-state index >= 15 is 0 Å². The third-order valence-electron chi connectivity index (χ3n) is 4.80. The van der Waals surface area contributed by atoms with Crippen molar-refractivity contribution in [2.24, 2.45) is 0 Å². The van der Waals surface area contributed by atoms with Crippen LogP contribution in [-0.4, -0.2) is 37.0 Å². The van der Waals surface area contributed by atoms with Gasteiger partial charge in [0, 0.05) is 16.3 Å². The minimum atomic E-state index is -0.652. The standard InChI is InChI=1S/C25H23ClN2O6S/c1-4-33-24(31)15-9-11-18(12-10-15)27-22(30)20-14(3)19(25(32)34-5-2)23(35-20)28-21(29)16-7-6-8-17(26)13-16/h6-13H,4-5H2,1-3H3,(H,27,30)(H,28,29). The predicted molar refractivity (Wildman–Crippen MR) is 135 cm³/mol. The predicted octanol–water partition coefficient (Wildman–Crippen LogP) is 5.57. The summed E-state index contributed by atoms with van der Waals surface area (Å²) < 4.78 is 10.1. The number of hydrogen-bond acceptors (Lipinski definition) is 7. The molecule has 3 rings (SSSR count). The summed E-state index contributed by atoms with van der Waals surface area (Å²) in [6, 6.07) is 12.6. The van der Waals surface area contributed by atoms with Gasteiger partial charge in [0.05, 0.1) is 29.2 Å². The fourth-order valence-electron chi connectivity index (χ4n) is 3.16. The number of carbonyl (C=O) groups excluding carboxylic acids is 4. The molecule has 35 heavy (non-hydrogen) atoms. The molecule has 0 spiro atoms. The average Bonchev–Trinajstić information content (AvgIpc) is 3.15. The summed E-state index contributed by atoms with van der Waals surface area (Å²) in [5.41, 5.74) is 1.57. The fourth-order valence-corrected chi connectivity index (χ4v) is 4.44. The smallest absolute Gasteiger partial charge is 0.341 e. The highest BCUT2D eigenvalue weighted by molar-refractivity contribution is 7.19. The van der Waals surface area contributed by atoms with Crippen molar-refractivity contribution in [3.05, 3.63) is 80.7 Å². The summed E-state index contributed by atoms with van der Waals surface area (Å²) in [4.78, 5) is 50.5. The Morgan fingerprint density at radius 2 is 1.51 bits per heavy atom. The molecule has 10 heteroatoms. The molecule has 1 aromatic heterocycles. The number of anilines is 2. The highest BCUT2D eigenvalue weighted by Crippen LogP contribution is 2.35. The lowest BCUT2D eigenvalue weighted by molar-refractivity contribution is 0.0517. The molecule has 8 nitrogen and oxygen atoms in total. The first-order chi connectivity index (χ1) is 16.7. The van der Waals surface area contributed by atoms with Gasteiger partial charge in [0.1, 0.15) is 5.00 Å². The Hall–Kier alpha value is -3.69. The Morgan fingerprint density at radius 1 is 0.857 bits per heavy atom. The van der Waals surface area contributed by atoms with Crippen LogP contribution in [0.2, 0.25) is 5.02 Å². The molecule has 3 aromatic rings. The van der Waals surface area contributed by atoms with Gasteiger partial charge in [-0.3, -0.25) is 9.59 Å². The van der Waals surface area contributed by atoms with Crippen molar-refractivity contribution in [1.29, 1.82) is 0 Å². The number of nitrogens with one attached hydrogen (secondary N) is 2. The first kappa shape index (κ1) is 25.9. The fraction of sp³-hybridized carbons (Fsp3) is 0.200. The molecular weight excluding hydrogens is 492 g/mol. The highest BCUT2D eigenvalue weighted by Gasteiger charge is 2.27. The SMILES string of the molecule is CCOC(=O)c1ccc(NC(=O)c2sc(NC(=O)c3cccc(Cl)c3)c(C(=O)OCC)c2C)cc1. The summed E-state index contributed by atoms with van der Waals surface area (Å²) >= 11 is 6.93. The molecule has 0 aliphatic heterocycles. The van der Waals surface area contributed by atoms with Crippen LogP contribution < -0.4 is 10.6 Å². The Bertz CT molecular complexity index is 1270. The zero-order valence-corrected chi connectivity index (χ0v) is 20.8. The number of ether oxygens (including phenoxy) is 2. The Morgan fingerprint density at radius 3 is 2.14 bits per heavy atom. The van der Waals surface area contributed by atoms with E-state index in [1.54, 1.807) is 51.1 Å². The van der Waals surface area contributed by atoms with Gasteiger partial charge in [0.15, 0.2) is 0 Å². The second-order valence-corrected chi connectivity index (χ2v) is 8.65. The van der Waals surface area contributed by atoms with Crippen molar-refractivity contribution < 1.29 is 28.7 Å². The molecule has 182 valence electrons. The molecule has 2 amide bonds. The number of esters is 2. The minimum Gasteiger partial charge on any atom is -0.462 e. The van der Waals surface area contributed by atoms with Crippen LogP contribution in [0, 0.1) is 6.92 Å². The number of hydrogen-bond donors (Lipinski definition) is 2. The van der Waals surface area contributed by atoms with Crippen LogP contribution in [0.4, 0.5) is 10.7 Å². The number of benzene rings is 2. The number of halogens is 1. The van der Waals surface area contributed by atoms with Crippen LogP contribution in [0.25, 0.3) is 0 Å². The van der Waals surface area contributed by atoms with Crippen molar-refractivity contribution in [1.82, 2.24) is 0 Å². The second-order valence-electron chi connectivity index (χ2n) is 7.20.